The van der Waals surface area contributed by atoms with Crippen LogP contribution in [0.5, 0.6) is 0 Å². The zero-order chi connectivity index (χ0) is 13.6. The van der Waals surface area contributed by atoms with E-state index in [1.54, 1.807) is 0 Å². The summed E-state index contributed by atoms with van der Waals surface area (Å²) in [6, 6.07) is 0. The van der Waals surface area contributed by atoms with Gasteiger partial charge in [-0.1, -0.05) is 0 Å². The summed E-state index contributed by atoms with van der Waals surface area (Å²) >= 11 is 0. The summed E-state index contributed by atoms with van der Waals surface area (Å²) in [4.78, 5) is 0. The third-order valence-electron chi connectivity index (χ3n) is 1.64. The minimum atomic E-state index is -5.82. The standard InChI is InChI=1S/C7HF9O/c8-5(9,10)2-1-17-4(7(14,15)16)3(2)6(11,12)13/h1H. The lowest BCUT2D eigenvalue weighted by atomic mass is 10.1. The molecule has 1 aromatic heterocycles. The Bertz CT molecular complexity index is 373. The minimum Gasteiger partial charge on any atom is -0.458 e. The first-order valence-electron chi connectivity index (χ1n) is 3.68. The molecule has 0 aromatic carbocycles. The molecular formula is C7HF9O. The molecule has 0 aliphatic heterocycles. The van der Waals surface area contributed by atoms with E-state index in [0.717, 1.165) is 0 Å². The number of alkyl halides is 9. The third-order valence-corrected chi connectivity index (χ3v) is 1.64. The van der Waals surface area contributed by atoms with Crippen LogP contribution in [0.3, 0.4) is 0 Å². The normalized spacial score (nSPS) is 14.2. The van der Waals surface area contributed by atoms with E-state index < -0.39 is 41.7 Å². The molecule has 0 atom stereocenters. The molecule has 0 bridgehead atoms. The van der Waals surface area contributed by atoms with Gasteiger partial charge in [-0.2, -0.15) is 39.5 Å². The number of furan rings is 1. The molecule has 17 heavy (non-hydrogen) atoms. The summed E-state index contributed by atoms with van der Waals surface area (Å²) in [6.07, 6.45) is -17.7. The molecule has 0 amide bonds. The predicted octanol–water partition coefficient (Wildman–Crippen LogP) is 4.34. The van der Waals surface area contributed by atoms with E-state index in [-0.39, 0.29) is 0 Å². The van der Waals surface area contributed by atoms with Crippen molar-refractivity contribution in [3.63, 3.8) is 0 Å². The molecule has 0 spiro atoms. The summed E-state index contributed by atoms with van der Waals surface area (Å²) in [6.45, 7) is 0. The fraction of sp³-hybridized carbons (Fsp3) is 0.429. The first-order chi connectivity index (χ1) is 7.35. The molecule has 0 saturated carbocycles. The van der Waals surface area contributed by atoms with Crippen molar-refractivity contribution < 1.29 is 43.9 Å². The molecule has 0 fully saturated rings. The monoisotopic (exact) mass is 272 g/mol. The molecule has 1 heterocycles. The van der Waals surface area contributed by atoms with Crippen LogP contribution in [-0.2, 0) is 18.5 Å². The zero-order valence-corrected chi connectivity index (χ0v) is 7.39. The number of rotatable bonds is 0. The summed E-state index contributed by atoms with van der Waals surface area (Å²) in [7, 11) is 0. The van der Waals surface area contributed by atoms with Crippen LogP contribution in [0.25, 0.3) is 0 Å². The topological polar surface area (TPSA) is 13.1 Å². The Morgan fingerprint density at radius 3 is 1.47 bits per heavy atom. The van der Waals surface area contributed by atoms with Crippen molar-refractivity contribution in [3.05, 3.63) is 23.2 Å². The van der Waals surface area contributed by atoms with E-state index in [9.17, 15) is 39.5 Å². The lowest BCUT2D eigenvalue weighted by molar-refractivity contribution is -0.178. The molecule has 1 rings (SSSR count). The number of hydrogen-bond acceptors (Lipinski definition) is 1. The molecule has 0 saturated heterocycles. The highest BCUT2D eigenvalue weighted by atomic mass is 19.4. The Morgan fingerprint density at radius 1 is 0.706 bits per heavy atom. The summed E-state index contributed by atoms with van der Waals surface area (Å²) in [5, 5.41) is 0. The molecule has 0 aliphatic rings. The smallest absolute Gasteiger partial charge is 0.450 e. The molecule has 1 nitrogen and oxygen atoms in total. The van der Waals surface area contributed by atoms with Gasteiger partial charge in [0.25, 0.3) is 0 Å². The van der Waals surface area contributed by atoms with Crippen molar-refractivity contribution in [1.82, 2.24) is 0 Å². The predicted molar refractivity (Wildman–Crippen MR) is 33.7 cm³/mol. The molecule has 10 heteroatoms. The molecule has 0 unspecified atom stereocenters. The average Bonchev–Trinajstić information content (AvgIpc) is 2.42. The maximum Gasteiger partial charge on any atom is 0.450 e. The highest BCUT2D eigenvalue weighted by Crippen LogP contribution is 2.47. The van der Waals surface area contributed by atoms with E-state index in [0.29, 0.717) is 0 Å². The number of hydrogen-bond donors (Lipinski definition) is 0. The maximum atomic E-state index is 12.1. The fourth-order valence-electron chi connectivity index (χ4n) is 1.06. The van der Waals surface area contributed by atoms with Crippen molar-refractivity contribution in [2.75, 3.05) is 0 Å². The van der Waals surface area contributed by atoms with Gasteiger partial charge in [0.05, 0.1) is 0 Å². The van der Waals surface area contributed by atoms with Gasteiger partial charge >= 0.3 is 18.5 Å². The Labute approximate surface area is 86.8 Å². The van der Waals surface area contributed by atoms with Gasteiger partial charge in [0.2, 0.25) is 5.76 Å². The fourth-order valence-corrected chi connectivity index (χ4v) is 1.06. The van der Waals surface area contributed by atoms with Crippen LogP contribution in [0.2, 0.25) is 0 Å². The Morgan fingerprint density at radius 2 is 1.18 bits per heavy atom. The van der Waals surface area contributed by atoms with E-state index in [4.69, 9.17) is 0 Å². The lowest BCUT2D eigenvalue weighted by Gasteiger charge is -2.12. The van der Waals surface area contributed by atoms with E-state index in [2.05, 4.69) is 4.42 Å². The molecule has 1 aromatic rings. The summed E-state index contributed by atoms with van der Waals surface area (Å²) < 4.78 is 112. The molecule has 0 aliphatic carbocycles. The third kappa shape index (κ3) is 2.67. The summed E-state index contributed by atoms with van der Waals surface area (Å²) in [5.41, 5.74) is -5.37. The van der Waals surface area contributed by atoms with Crippen molar-refractivity contribution in [3.8, 4) is 0 Å². The van der Waals surface area contributed by atoms with Gasteiger partial charge in [0, 0.05) is 0 Å². The van der Waals surface area contributed by atoms with Gasteiger partial charge in [0.1, 0.15) is 17.4 Å². The molecular weight excluding hydrogens is 271 g/mol. The molecule has 98 valence electrons. The summed E-state index contributed by atoms with van der Waals surface area (Å²) in [5.74, 6) is -2.71. The zero-order valence-electron chi connectivity index (χ0n) is 7.39. The maximum absolute atomic E-state index is 12.1. The van der Waals surface area contributed by atoms with Crippen molar-refractivity contribution in [2.45, 2.75) is 18.5 Å². The minimum absolute atomic E-state index is 0.606. The lowest BCUT2D eigenvalue weighted by Crippen LogP contribution is -2.19. The van der Waals surface area contributed by atoms with Crippen molar-refractivity contribution >= 4 is 0 Å². The second kappa shape index (κ2) is 3.57. The molecule has 0 N–H and O–H groups in total. The first-order valence-corrected chi connectivity index (χ1v) is 3.68. The van der Waals surface area contributed by atoms with Crippen molar-refractivity contribution in [1.29, 1.82) is 0 Å². The van der Waals surface area contributed by atoms with Crippen LogP contribution < -0.4 is 0 Å². The van der Waals surface area contributed by atoms with Gasteiger partial charge in [0.15, 0.2) is 0 Å². The highest BCUT2D eigenvalue weighted by Gasteiger charge is 2.53. The highest BCUT2D eigenvalue weighted by molar-refractivity contribution is 5.34. The SMILES string of the molecule is FC(F)(F)c1coc(C(F)(F)F)c1C(F)(F)F. The van der Waals surface area contributed by atoms with Gasteiger partial charge in [-0.25, -0.2) is 0 Å². The second-order valence-corrected chi connectivity index (χ2v) is 2.85. The average molecular weight is 272 g/mol. The van der Waals surface area contributed by atoms with Crippen molar-refractivity contribution in [2.24, 2.45) is 0 Å². The van der Waals surface area contributed by atoms with Crippen LogP contribution in [0.4, 0.5) is 39.5 Å². The van der Waals surface area contributed by atoms with Gasteiger partial charge in [-0.15, -0.1) is 0 Å². The van der Waals surface area contributed by atoms with Crippen LogP contribution in [0.15, 0.2) is 10.7 Å². The largest absolute Gasteiger partial charge is 0.458 e. The van der Waals surface area contributed by atoms with Crippen LogP contribution in [-0.4, -0.2) is 0 Å². The number of halogens is 9. The quantitative estimate of drug-likeness (QED) is 0.640. The van der Waals surface area contributed by atoms with Gasteiger partial charge in [-0.05, 0) is 0 Å². The van der Waals surface area contributed by atoms with Gasteiger partial charge in [-0.3, -0.25) is 0 Å². The molecule has 0 radical (unpaired) electrons. The van der Waals surface area contributed by atoms with Crippen LogP contribution in [0, 0.1) is 0 Å². The Balaban J connectivity index is 3.53. The first kappa shape index (κ1) is 13.7. The van der Waals surface area contributed by atoms with E-state index in [1.165, 1.54) is 0 Å². The van der Waals surface area contributed by atoms with Gasteiger partial charge < -0.3 is 4.42 Å². The van der Waals surface area contributed by atoms with E-state index >= 15 is 0 Å². The van der Waals surface area contributed by atoms with E-state index in [1.807, 2.05) is 0 Å². The Kier molecular flexibility index (Phi) is 2.88. The van der Waals surface area contributed by atoms with Crippen LogP contribution >= 0.6 is 0 Å². The second-order valence-electron chi connectivity index (χ2n) is 2.85. The Hall–Kier alpha value is -1.35. The van der Waals surface area contributed by atoms with Crippen LogP contribution in [0.1, 0.15) is 16.9 Å².